The zero-order chi connectivity index (χ0) is 13.9. The highest BCUT2D eigenvalue weighted by atomic mass is 32.2. The topological polar surface area (TPSA) is 47.6 Å². The van der Waals surface area contributed by atoms with Crippen LogP contribution in [0.15, 0.2) is 29.2 Å². The Balaban J connectivity index is 2.29. The molecular weight excluding hydrogens is 262 g/mol. The number of methoxy groups -OCH3 is 1. The molecule has 0 spiro atoms. The lowest BCUT2D eigenvalue weighted by Crippen LogP contribution is -2.18. The summed E-state index contributed by atoms with van der Waals surface area (Å²) < 4.78 is 9.85. The van der Waals surface area contributed by atoms with Crippen molar-refractivity contribution in [3.05, 3.63) is 29.8 Å². The number of hydrogen-bond acceptors (Lipinski definition) is 5. The molecule has 106 valence electrons. The van der Waals surface area contributed by atoms with Gasteiger partial charge in [-0.3, -0.25) is 4.79 Å². The Hall–Kier alpha value is -1.04. The zero-order valence-electron chi connectivity index (χ0n) is 11.5. The van der Waals surface area contributed by atoms with E-state index in [1.807, 2.05) is 19.1 Å². The minimum absolute atomic E-state index is 0.169. The molecule has 5 heteroatoms. The van der Waals surface area contributed by atoms with Gasteiger partial charge in [-0.1, -0.05) is 12.1 Å². The molecule has 0 aliphatic carbocycles. The van der Waals surface area contributed by atoms with Crippen LogP contribution in [0.5, 0.6) is 0 Å². The highest BCUT2D eigenvalue weighted by Crippen LogP contribution is 2.18. The van der Waals surface area contributed by atoms with Crippen LogP contribution in [0.4, 0.5) is 0 Å². The molecule has 0 atom stereocenters. The normalized spacial score (nSPS) is 10.4. The van der Waals surface area contributed by atoms with Crippen LogP contribution in [0.25, 0.3) is 0 Å². The average molecular weight is 283 g/mol. The van der Waals surface area contributed by atoms with Crippen molar-refractivity contribution in [3.63, 3.8) is 0 Å². The van der Waals surface area contributed by atoms with E-state index in [1.54, 1.807) is 7.11 Å². The Labute approximate surface area is 118 Å². The third-order valence-corrected chi connectivity index (χ3v) is 3.38. The van der Waals surface area contributed by atoms with E-state index in [2.05, 4.69) is 17.4 Å². The molecule has 0 unspecified atom stereocenters. The summed E-state index contributed by atoms with van der Waals surface area (Å²) in [5.41, 5.74) is 1.22. The Morgan fingerprint density at radius 3 is 2.68 bits per heavy atom. The van der Waals surface area contributed by atoms with Gasteiger partial charge in [0, 0.05) is 25.1 Å². The zero-order valence-corrected chi connectivity index (χ0v) is 12.3. The molecular formula is C14H21NO3S. The van der Waals surface area contributed by atoms with Gasteiger partial charge in [-0.05, 0) is 24.6 Å². The Morgan fingerprint density at radius 2 is 2.05 bits per heavy atom. The molecule has 0 aliphatic rings. The van der Waals surface area contributed by atoms with Gasteiger partial charge in [0.1, 0.15) is 0 Å². The van der Waals surface area contributed by atoms with Gasteiger partial charge < -0.3 is 14.8 Å². The lowest BCUT2D eigenvalue weighted by atomic mass is 10.2. The van der Waals surface area contributed by atoms with Crippen LogP contribution in [-0.2, 0) is 20.8 Å². The van der Waals surface area contributed by atoms with Crippen LogP contribution in [0.3, 0.4) is 0 Å². The van der Waals surface area contributed by atoms with E-state index >= 15 is 0 Å². The van der Waals surface area contributed by atoms with E-state index < -0.39 is 0 Å². The lowest BCUT2D eigenvalue weighted by Gasteiger charge is -2.06. The molecule has 1 aromatic carbocycles. The van der Waals surface area contributed by atoms with Crippen molar-refractivity contribution in [2.45, 2.75) is 18.4 Å². The molecule has 0 bridgehead atoms. The van der Waals surface area contributed by atoms with Gasteiger partial charge in [0.05, 0.1) is 19.0 Å². The molecule has 1 N–H and O–H groups in total. The number of carbonyl (C=O) groups excluding carboxylic acids is 1. The van der Waals surface area contributed by atoms with Crippen molar-refractivity contribution in [1.29, 1.82) is 0 Å². The summed E-state index contributed by atoms with van der Waals surface area (Å²) in [6.45, 7) is 4.63. The SMILES string of the molecule is CCOC(=O)CSc1ccc(CNCCOC)cc1. The maximum Gasteiger partial charge on any atom is 0.316 e. The number of rotatable bonds is 9. The van der Waals surface area contributed by atoms with Gasteiger partial charge in [-0.2, -0.15) is 0 Å². The van der Waals surface area contributed by atoms with E-state index in [-0.39, 0.29) is 5.97 Å². The smallest absolute Gasteiger partial charge is 0.316 e. The largest absolute Gasteiger partial charge is 0.465 e. The third-order valence-electron chi connectivity index (χ3n) is 2.40. The number of esters is 1. The summed E-state index contributed by atoms with van der Waals surface area (Å²) in [6, 6.07) is 8.18. The molecule has 0 heterocycles. The van der Waals surface area contributed by atoms with Crippen LogP contribution in [0.1, 0.15) is 12.5 Å². The lowest BCUT2D eigenvalue weighted by molar-refractivity contribution is -0.139. The minimum atomic E-state index is -0.169. The second-order valence-corrected chi connectivity index (χ2v) is 4.96. The Kier molecular flexibility index (Phi) is 8.29. The van der Waals surface area contributed by atoms with Crippen LogP contribution >= 0.6 is 11.8 Å². The molecule has 0 radical (unpaired) electrons. The molecule has 0 saturated heterocycles. The highest BCUT2D eigenvalue weighted by Gasteiger charge is 2.03. The molecule has 1 aromatic rings. The molecule has 1 rings (SSSR count). The number of hydrogen-bond donors (Lipinski definition) is 1. The van der Waals surface area contributed by atoms with Gasteiger partial charge in [-0.25, -0.2) is 0 Å². The number of carbonyl (C=O) groups is 1. The predicted octanol–water partition coefficient (Wildman–Crippen LogP) is 2.08. The van der Waals surface area contributed by atoms with Crippen LogP contribution in [0, 0.1) is 0 Å². The van der Waals surface area contributed by atoms with E-state index in [0.717, 1.165) is 18.0 Å². The quantitative estimate of drug-likeness (QED) is 0.427. The van der Waals surface area contributed by atoms with Crippen molar-refractivity contribution in [1.82, 2.24) is 5.32 Å². The first-order valence-corrected chi connectivity index (χ1v) is 7.31. The third kappa shape index (κ3) is 7.20. The first-order valence-electron chi connectivity index (χ1n) is 6.33. The van der Waals surface area contributed by atoms with Gasteiger partial charge in [0.2, 0.25) is 0 Å². The molecule has 0 saturated carbocycles. The molecule has 0 amide bonds. The van der Waals surface area contributed by atoms with E-state index in [4.69, 9.17) is 9.47 Å². The van der Waals surface area contributed by atoms with E-state index in [1.165, 1.54) is 17.3 Å². The summed E-state index contributed by atoms with van der Waals surface area (Å²) in [5.74, 6) is 0.192. The first-order chi connectivity index (χ1) is 9.26. The standard InChI is InChI=1S/C14H21NO3S/c1-3-18-14(16)11-19-13-6-4-12(5-7-13)10-15-8-9-17-2/h4-7,15H,3,8-11H2,1-2H3. The number of benzene rings is 1. The second-order valence-electron chi connectivity index (χ2n) is 3.91. The molecule has 0 aliphatic heterocycles. The van der Waals surface area contributed by atoms with Gasteiger partial charge in [-0.15, -0.1) is 11.8 Å². The predicted molar refractivity (Wildman–Crippen MR) is 77.4 cm³/mol. The molecule has 0 fully saturated rings. The minimum Gasteiger partial charge on any atom is -0.465 e. The average Bonchev–Trinajstić information content (AvgIpc) is 2.43. The Morgan fingerprint density at radius 1 is 1.32 bits per heavy atom. The van der Waals surface area contributed by atoms with Gasteiger partial charge in [0.25, 0.3) is 0 Å². The monoisotopic (exact) mass is 283 g/mol. The van der Waals surface area contributed by atoms with Gasteiger partial charge >= 0.3 is 5.97 Å². The van der Waals surface area contributed by atoms with E-state index in [9.17, 15) is 4.79 Å². The van der Waals surface area contributed by atoms with Crippen molar-refractivity contribution < 1.29 is 14.3 Å². The number of nitrogens with one attached hydrogen (secondary N) is 1. The fourth-order valence-corrected chi connectivity index (χ4v) is 2.15. The summed E-state index contributed by atoms with van der Waals surface area (Å²) >= 11 is 1.49. The summed E-state index contributed by atoms with van der Waals surface area (Å²) in [5, 5.41) is 3.28. The van der Waals surface area contributed by atoms with Crippen LogP contribution in [-0.4, -0.2) is 38.6 Å². The second kappa shape index (κ2) is 9.83. The maximum atomic E-state index is 11.2. The summed E-state index contributed by atoms with van der Waals surface area (Å²) in [6.07, 6.45) is 0. The summed E-state index contributed by atoms with van der Waals surface area (Å²) in [4.78, 5) is 12.3. The maximum absolute atomic E-state index is 11.2. The highest BCUT2D eigenvalue weighted by molar-refractivity contribution is 8.00. The molecule has 19 heavy (non-hydrogen) atoms. The molecule has 4 nitrogen and oxygen atoms in total. The fourth-order valence-electron chi connectivity index (χ4n) is 1.46. The fraction of sp³-hybridized carbons (Fsp3) is 0.500. The van der Waals surface area contributed by atoms with Gasteiger partial charge in [0.15, 0.2) is 0 Å². The van der Waals surface area contributed by atoms with Crippen molar-refractivity contribution in [2.24, 2.45) is 0 Å². The number of ether oxygens (including phenoxy) is 2. The van der Waals surface area contributed by atoms with Crippen LogP contribution < -0.4 is 5.32 Å². The van der Waals surface area contributed by atoms with Crippen molar-refractivity contribution >= 4 is 17.7 Å². The number of thioether (sulfide) groups is 1. The van der Waals surface area contributed by atoms with Crippen molar-refractivity contribution in [2.75, 3.05) is 32.6 Å². The molecule has 0 aromatic heterocycles. The van der Waals surface area contributed by atoms with Crippen LogP contribution in [0.2, 0.25) is 0 Å². The first kappa shape index (κ1) is 16.0. The summed E-state index contributed by atoms with van der Waals surface area (Å²) in [7, 11) is 1.69. The van der Waals surface area contributed by atoms with E-state index in [0.29, 0.717) is 19.0 Å². The van der Waals surface area contributed by atoms with Crippen molar-refractivity contribution in [3.8, 4) is 0 Å². The Bertz CT molecular complexity index is 367.